The quantitative estimate of drug-likeness (QED) is 0.754. The number of ether oxygens (including phenoxy) is 1. The van der Waals surface area contributed by atoms with Crippen molar-refractivity contribution in [1.82, 2.24) is 15.2 Å². The zero-order valence-electron chi connectivity index (χ0n) is 15.1. The molecule has 142 valence electrons. The molecule has 3 atom stereocenters. The second-order valence-corrected chi connectivity index (χ2v) is 6.41. The highest BCUT2D eigenvalue weighted by Gasteiger charge is 2.50. The molecule has 0 unspecified atom stereocenters. The third-order valence-electron chi connectivity index (χ3n) is 4.84. The summed E-state index contributed by atoms with van der Waals surface area (Å²) in [7, 11) is 1.46. The number of hydrogen-bond acceptors (Lipinski definition) is 5. The van der Waals surface area contributed by atoms with Crippen LogP contribution >= 0.6 is 0 Å². The Hall–Kier alpha value is -2.77. The van der Waals surface area contributed by atoms with Crippen LogP contribution in [-0.4, -0.2) is 65.8 Å². The first-order chi connectivity index (χ1) is 13.2. The summed E-state index contributed by atoms with van der Waals surface area (Å²) in [6.07, 6.45) is 1.56. The molecule has 3 rings (SSSR count). The van der Waals surface area contributed by atoms with Crippen molar-refractivity contribution in [2.75, 3.05) is 26.9 Å². The molecule has 1 fully saturated rings. The molecule has 7 nitrogen and oxygen atoms in total. The second-order valence-electron chi connectivity index (χ2n) is 6.41. The van der Waals surface area contributed by atoms with Gasteiger partial charge in [-0.15, -0.1) is 0 Å². The zero-order chi connectivity index (χ0) is 19.2. The van der Waals surface area contributed by atoms with Crippen LogP contribution in [0.15, 0.2) is 54.7 Å². The summed E-state index contributed by atoms with van der Waals surface area (Å²) in [6.45, 7) is 0.0450. The van der Waals surface area contributed by atoms with Crippen LogP contribution in [0.1, 0.15) is 22.0 Å². The Morgan fingerprint density at radius 1 is 1.15 bits per heavy atom. The van der Waals surface area contributed by atoms with Gasteiger partial charge in [-0.3, -0.25) is 14.6 Å². The van der Waals surface area contributed by atoms with Gasteiger partial charge in [0.05, 0.1) is 18.7 Å². The zero-order valence-corrected chi connectivity index (χ0v) is 15.1. The van der Waals surface area contributed by atoms with Gasteiger partial charge in [-0.1, -0.05) is 36.4 Å². The number of aliphatic hydroxyl groups excluding tert-OH is 1. The number of benzene rings is 1. The fraction of sp³-hybridized carbons (Fsp3) is 0.350. The first kappa shape index (κ1) is 19.0. The molecule has 0 radical (unpaired) electrons. The SMILES string of the molecule is COCC(=O)N1[C@H](CO)[C@H](c2ccccc2)[C@@H]1CNC(=O)c1ccccn1. The van der Waals surface area contributed by atoms with E-state index in [0.717, 1.165) is 5.56 Å². The van der Waals surface area contributed by atoms with Crippen molar-refractivity contribution >= 4 is 11.8 Å². The Balaban J connectivity index is 1.78. The van der Waals surface area contributed by atoms with E-state index in [1.165, 1.54) is 7.11 Å². The van der Waals surface area contributed by atoms with E-state index < -0.39 is 0 Å². The average Bonchev–Trinajstić information content (AvgIpc) is 2.69. The summed E-state index contributed by atoms with van der Waals surface area (Å²) in [5.74, 6) is -0.573. The third-order valence-corrected chi connectivity index (χ3v) is 4.84. The monoisotopic (exact) mass is 369 g/mol. The van der Waals surface area contributed by atoms with Gasteiger partial charge in [0.2, 0.25) is 5.91 Å². The lowest BCUT2D eigenvalue weighted by molar-refractivity contribution is -0.154. The molecule has 0 saturated carbocycles. The lowest BCUT2D eigenvalue weighted by Crippen LogP contribution is -2.69. The van der Waals surface area contributed by atoms with Crippen molar-refractivity contribution < 1.29 is 19.4 Å². The minimum absolute atomic E-state index is 0.0668. The average molecular weight is 369 g/mol. The Labute approximate surface area is 158 Å². The first-order valence-electron chi connectivity index (χ1n) is 8.82. The molecule has 2 amide bonds. The number of likely N-dealkylation sites (tertiary alicyclic amines) is 1. The predicted octanol–water partition coefficient (Wildman–Crippen LogP) is 0.813. The summed E-state index contributed by atoms with van der Waals surface area (Å²) in [5, 5.41) is 12.7. The number of carbonyl (C=O) groups is 2. The van der Waals surface area contributed by atoms with Crippen LogP contribution in [0.3, 0.4) is 0 Å². The number of amides is 2. The Morgan fingerprint density at radius 2 is 1.89 bits per heavy atom. The van der Waals surface area contributed by atoms with Crippen molar-refractivity contribution in [3.63, 3.8) is 0 Å². The number of nitrogens with one attached hydrogen (secondary N) is 1. The predicted molar refractivity (Wildman–Crippen MR) is 99.1 cm³/mol. The lowest BCUT2D eigenvalue weighted by atomic mass is 9.75. The Kier molecular flexibility index (Phi) is 6.16. The van der Waals surface area contributed by atoms with Gasteiger partial charge in [-0.2, -0.15) is 0 Å². The number of nitrogens with zero attached hydrogens (tertiary/aromatic N) is 2. The van der Waals surface area contributed by atoms with Crippen molar-refractivity contribution in [3.05, 3.63) is 66.0 Å². The second kappa shape index (κ2) is 8.75. The molecule has 2 N–H and O–H groups in total. The van der Waals surface area contributed by atoms with E-state index in [2.05, 4.69) is 10.3 Å². The molecule has 1 aliphatic rings. The number of hydrogen-bond donors (Lipinski definition) is 2. The number of rotatable bonds is 7. The van der Waals surface area contributed by atoms with Crippen LogP contribution in [0.5, 0.6) is 0 Å². The van der Waals surface area contributed by atoms with Gasteiger partial charge in [0.15, 0.2) is 0 Å². The highest BCUT2D eigenvalue weighted by molar-refractivity contribution is 5.92. The molecule has 1 aromatic carbocycles. The van der Waals surface area contributed by atoms with E-state index in [1.807, 2.05) is 30.3 Å². The minimum Gasteiger partial charge on any atom is -0.394 e. The molecule has 7 heteroatoms. The molecule has 0 bridgehead atoms. The van der Waals surface area contributed by atoms with Gasteiger partial charge >= 0.3 is 0 Å². The van der Waals surface area contributed by atoms with Crippen LogP contribution in [-0.2, 0) is 9.53 Å². The summed E-state index contributed by atoms with van der Waals surface area (Å²) in [4.78, 5) is 30.4. The summed E-state index contributed by atoms with van der Waals surface area (Å²) >= 11 is 0. The van der Waals surface area contributed by atoms with E-state index in [9.17, 15) is 14.7 Å². The van der Waals surface area contributed by atoms with E-state index in [-0.39, 0.29) is 49.6 Å². The number of pyridine rings is 1. The molecule has 2 aromatic rings. The fourth-order valence-electron chi connectivity index (χ4n) is 3.65. The highest BCUT2D eigenvalue weighted by atomic mass is 16.5. The van der Waals surface area contributed by atoms with Crippen molar-refractivity contribution in [2.45, 2.75) is 18.0 Å². The minimum atomic E-state index is -0.341. The molecule has 0 spiro atoms. The topological polar surface area (TPSA) is 91.8 Å². The number of aromatic nitrogens is 1. The van der Waals surface area contributed by atoms with Crippen molar-refractivity contribution in [2.24, 2.45) is 0 Å². The normalized spacial score (nSPS) is 21.4. The number of methoxy groups -OCH3 is 1. The Morgan fingerprint density at radius 3 is 2.52 bits per heavy atom. The maximum atomic E-state index is 12.5. The molecule has 1 aliphatic heterocycles. The maximum Gasteiger partial charge on any atom is 0.269 e. The van der Waals surface area contributed by atoms with E-state index in [4.69, 9.17) is 4.74 Å². The van der Waals surface area contributed by atoms with Crippen LogP contribution in [0.4, 0.5) is 0 Å². The van der Waals surface area contributed by atoms with Gasteiger partial charge in [0, 0.05) is 25.8 Å². The van der Waals surface area contributed by atoms with E-state index in [0.29, 0.717) is 5.69 Å². The van der Waals surface area contributed by atoms with Gasteiger partial charge < -0.3 is 20.1 Å². The summed E-state index contributed by atoms with van der Waals surface area (Å²) in [5.41, 5.74) is 1.34. The third kappa shape index (κ3) is 3.99. The van der Waals surface area contributed by atoms with Gasteiger partial charge in [-0.25, -0.2) is 0 Å². The molecule has 1 saturated heterocycles. The summed E-state index contributed by atoms with van der Waals surface area (Å²) in [6, 6.07) is 14.2. The Bertz CT molecular complexity index is 769. The fourth-order valence-corrected chi connectivity index (χ4v) is 3.65. The van der Waals surface area contributed by atoms with Gasteiger partial charge in [-0.05, 0) is 17.7 Å². The van der Waals surface area contributed by atoms with Crippen molar-refractivity contribution in [3.8, 4) is 0 Å². The van der Waals surface area contributed by atoms with E-state index in [1.54, 1.807) is 29.3 Å². The number of aliphatic hydroxyl groups is 1. The molecule has 0 aliphatic carbocycles. The van der Waals surface area contributed by atoms with Crippen LogP contribution in [0.2, 0.25) is 0 Å². The lowest BCUT2D eigenvalue weighted by Gasteiger charge is -2.55. The molecule has 1 aromatic heterocycles. The molecule has 27 heavy (non-hydrogen) atoms. The molecular formula is C20H23N3O4. The van der Waals surface area contributed by atoms with Gasteiger partial charge in [0.25, 0.3) is 5.91 Å². The number of carbonyl (C=O) groups excluding carboxylic acids is 2. The smallest absolute Gasteiger partial charge is 0.269 e. The highest BCUT2D eigenvalue weighted by Crippen LogP contribution is 2.40. The van der Waals surface area contributed by atoms with Crippen LogP contribution in [0.25, 0.3) is 0 Å². The van der Waals surface area contributed by atoms with Crippen LogP contribution < -0.4 is 5.32 Å². The first-order valence-corrected chi connectivity index (χ1v) is 8.82. The molecular weight excluding hydrogens is 346 g/mol. The maximum absolute atomic E-state index is 12.5. The van der Waals surface area contributed by atoms with Gasteiger partial charge in [0.1, 0.15) is 12.3 Å². The van der Waals surface area contributed by atoms with Crippen LogP contribution in [0, 0.1) is 0 Å². The van der Waals surface area contributed by atoms with Crippen molar-refractivity contribution in [1.29, 1.82) is 0 Å². The summed E-state index contributed by atoms with van der Waals surface area (Å²) < 4.78 is 4.97. The van der Waals surface area contributed by atoms with E-state index >= 15 is 0 Å². The standard InChI is InChI=1S/C20H23N3O4/c1-27-13-18(25)23-16(11-22-20(26)15-9-5-6-10-21-15)19(17(23)12-24)14-7-3-2-4-8-14/h2-10,16-17,19,24H,11-13H2,1H3,(H,22,26)/t16-,17+,19+/m0/s1. The largest absolute Gasteiger partial charge is 0.394 e. The molecule has 2 heterocycles.